The van der Waals surface area contributed by atoms with Gasteiger partial charge in [0.25, 0.3) is 0 Å². The van der Waals surface area contributed by atoms with Gasteiger partial charge in [-0.3, -0.25) is 19.2 Å². The van der Waals surface area contributed by atoms with E-state index in [0.717, 1.165) is 21.6 Å². The molecule has 0 aromatic carbocycles. The van der Waals surface area contributed by atoms with Crippen LogP contribution < -0.4 is 22.1 Å². The summed E-state index contributed by atoms with van der Waals surface area (Å²) in [7, 11) is 1.89. The maximum absolute atomic E-state index is 11.8. The topological polar surface area (TPSA) is 259 Å². The average molecular weight is 499 g/mol. The van der Waals surface area contributed by atoms with Gasteiger partial charge in [0, 0.05) is 24.3 Å². The van der Waals surface area contributed by atoms with Crippen molar-refractivity contribution in [2.45, 2.75) is 49.9 Å². The summed E-state index contributed by atoms with van der Waals surface area (Å²) in [6.45, 7) is 0. The fourth-order valence-corrected chi connectivity index (χ4v) is 4.25. The van der Waals surface area contributed by atoms with E-state index in [9.17, 15) is 39.0 Å². The lowest BCUT2D eigenvalue weighted by molar-refractivity contribution is -0.141. The molecule has 10 N–H and O–H groups in total. The Labute approximate surface area is 190 Å². The molecule has 0 radical (unpaired) electrons. The monoisotopic (exact) mass is 498 g/mol. The summed E-state index contributed by atoms with van der Waals surface area (Å²) in [5.41, 5.74) is 10.5. The third kappa shape index (κ3) is 13.0. The molecule has 0 spiro atoms. The van der Waals surface area contributed by atoms with Gasteiger partial charge in [-0.2, -0.15) is 0 Å². The Kier molecular flexibility index (Phi) is 14.1. The van der Waals surface area contributed by atoms with Gasteiger partial charge in [-0.15, -0.1) is 0 Å². The fraction of sp³-hybridized carbons (Fsp3) is 0.625. The first-order valence-electron chi connectivity index (χ1n) is 9.10. The highest BCUT2D eigenvalue weighted by Gasteiger charge is 2.24. The predicted octanol–water partition coefficient (Wildman–Crippen LogP) is -2.11. The Balaban J connectivity index is 4.46. The molecule has 16 heteroatoms. The van der Waals surface area contributed by atoms with Gasteiger partial charge in [0.15, 0.2) is 0 Å². The Morgan fingerprint density at radius 3 is 1.19 bits per heavy atom. The minimum atomic E-state index is -1.34. The number of rotatable bonds is 17. The lowest BCUT2D eigenvalue weighted by Gasteiger charge is -2.16. The second kappa shape index (κ2) is 15.3. The van der Waals surface area contributed by atoms with Crippen molar-refractivity contribution in [3.05, 3.63) is 0 Å². The van der Waals surface area contributed by atoms with Crippen LogP contribution in [0.15, 0.2) is 0 Å². The standard InChI is InChI=1S/C16H26N4O10S2/c17-7(13(23)24)1-3-11(21)19-9(15(27)28)5-31-32-6-10(16(29)30)20-12(22)4-2-8(18)14(25)26/h7-10H,1-6,17-18H2,(H,19,21)(H,20,22)(H,23,24)(H,25,26)(H,27,28)(H,29,30)/t7-,8-,9+,10?/m0/s1. The van der Waals surface area contributed by atoms with E-state index in [-0.39, 0.29) is 37.2 Å². The number of carbonyl (C=O) groups excluding carboxylic acids is 2. The molecule has 0 aromatic heterocycles. The molecule has 0 aliphatic rings. The molecule has 0 rings (SSSR count). The number of hydrogen-bond donors (Lipinski definition) is 8. The van der Waals surface area contributed by atoms with Crippen LogP contribution in [0.25, 0.3) is 0 Å². The minimum Gasteiger partial charge on any atom is -0.480 e. The van der Waals surface area contributed by atoms with Crippen LogP contribution in [0.2, 0.25) is 0 Å². The number of amides is 2. The summed E-state index contributed by atoms with van der Waals surface area (Å²) in [6.07, 6.45) is -0.916. The molecule has 0 aliphatic carbocycles. The van der Waals surface area contributed by atoms with Crippen molar-refractivity contribution in [1.29, 1.82) is 0 Å². The highest BCUT2D eigenvalue weighted by molar-refractivity contribution is 8.76. The number of carboxylic acids is 4. The number of carboxylic acid groups (broad SMARTS) is 4. The number of nitrogens with one attached hydrogen (secondary N) is 2. The van der Waals surface area contributed by atoms with Gasteiger partial charge in [0.2, 0.25) is 11.8 Å². The van der Waals surface area contributed by atoms with Crippen molar-refractivity contribution in [2.75, 3.05) is 11.5 Å². The van der Waals surface area contributed by atoms with Crippen molar-refractivity contribution in [3.63, 3.8) is 0 Å². The summed E-state index contributed by atoms with van der Waals surface area (Å²) in [6, 6.07) is -5.12. The molecular weight excluding hydrogens is 472 g/mol. The molecule has 14 nitrogen and oxygen atoms in total. The number of nitrogens with two attached hydrogens (primary N) is 2. The summed E-state index contributed by atoms with van der Waals surface area (Å²) in [5.74, 6) is -6.92. The van der Waals surface area contributed by atoms with E-state index in [1.807, 2.05) is 0 Å². The Morgan fingerprint density at radius 1 is 0.625 bits per heavy atom. The van der Waals surface area contributed by atoms with Crippen LogP contribution in [0.1, 0.15) is 25.7 Å². The molecule has 0 saturated carbocycles. The Bertz CT molecular complexity index is 650. The summed E-state index contributed by atoms with van der Waals surface area (Å²) < 4.78 is 0. The van der Waals surface area contributed by atoms with Crippen LogP contribution in [-0.2, 0) is 28.8 Å². The van der Waals surface area contributed by atoms with Crippen LogP contribution in [0.5, 0.6) is 0 Å². The molecule has 0 heterocycles. The van der Waals surface area contributed by atoms with Gasteiger partial charge >= 0.3 is 23.9 Å². The van der Waals surface area contributed by atoms with E-state index < -0.39 is 59.9 Å². The first-order chi connectivity index (χ1) is 14.8. The quantitative estimate of drug-likeness (QED) is 0.0788. The highest BCUT2D eigenvalue weighted by atomic mass is 33.1. The number of aliphatic carboxylic acids is 4. The number of carbonyl (C=O) groups is 6. The van der Waals surface area contributed by atoms with E-state index in [0.29, 0.717) is 0 Å². The Hall–Kier alpha value is -2.56. The zero-order valence-corrected chi connectivity index (χ0v) is 18.4. The maximum Gasteiger partial charge on any atom is 0.327 e. The molecule has 182 valence electrons. The van der Waals surface area contributed by atoms with E-state index in [1.165, 1.54) is 0 Å². The maximum atomic E-state index is 11.8. The number of hydrogen-bond acceptors (Lipinski definition) is 10. The highest BCUT2D eigenvalue weighted by Crippen LogP contribution is 2.23. The molecule has 1 unspecified atom stereocenters. The van der Waals surface area contributed by atoms with Gasteiger partial charge in [-0.1, -0.05) is 21.6 Å². The van der Waals surface area contributed by atoms with E-state index in [1.54, 1.807) is 0 Å². The zero-order valence-electron chi connectivity index (χ0n) is 16.8. The smallest absolute Gasteiger partial charge is 0.327 e. The summed E-state index contributed by atoms with van der Waals surface area (Å²) in [4.78, 5) is 67.4. The SMILES string of the molecule is N[C@@H](CCC(=O)NC(CSSC[C@@H](NC(=O)CC[C@H](N)C(=O)O)C(=O)O)C(=O)O)C(=O)O. The van der Waals surface area contributed by atoms with Gasteiger partial charge in [0.05, 0.1) is 0 Å². The van der Waals surface area contributed by atoms with Crippen LogP contribution in [0.3, 0.4) is 0 Å². The normalized spacial score (nSPS) is 14.4. The minimum absolute atomic E-state index is 0.134. The fourth-order valence-electron chi connectivity index (χ4n) is 1.93. The molecule has 0 saturated heterocycles. The van der Waals surface area contributed by atoms with E-state index in [2.05, 4.69) is 10.6 Å². The van der Waals surface area contributed by atoms with Crippen molar-refractivity contribution in [1.82, 2.24) is 10.6 Å². The third-order valence-corrected chi connectivity index (χ3v) is 6.24. The molecule has 0 bridgehead atoms. The molecule has 0 aliphatic heterocycles. The average Bonchev–Trinajstić information content (AvgIpc) is 2.70. The molecule has 0 aromatic rings. The molecule has 32 heavy (non-hydrogen) atoms. The second-order valence-corrected chi connectivity index (χ2v) is 9.00. The first kappa shape index (κ1) is 29.4. The van der Waals surface area contributed by atoms with Crippen LogP contribution in [0.4, 0.5) is 0 Å². The van der Waals surface area contributed by atoms with E-state index >= 15 is 0 Å². The van der Waals surface area contributed by atoms with Crippen molar-refractivity contribution in [3.8, 4) is 0 Å². The molecule has 0 fully saturated rings. The third-order valence-electron chi connectivity index (χ3n) is 3.82. The summed E-state index contributed by atoms with van der Waals surface area (Å²) in [5, 5.41) is 40.2. The van der Waals surface area contributed by atoms with Gasteiger partial charge in [-0.25, -0.2) is 9.59 Å². The van der Waals surface area contributed by atoms with E-state index in [4.69, 9.17) is 21.7 Å². The van der Waals surface area contributed by atoms with Gasteiger partial charge < -0.3 is 42.5 Å². The lowest BCUT2D eigenvalue weighted by Crippen LogP contribution is -2.44. The first-order valence-corrected chi connectivity index (χ1v) is 11.6. The Morgan fingerprint density at radius 2 is 0.938 bits per heavy atom. The van der Waals surface area contributed by atoms with Crippen molar-refractivity contribution >= 4 is 57.3 Å². The largest absolute Gasteiger partial charge is 0.480 e. The molecular formula is C16H26N4O10S2. The van der Waals surface area contributed by atoms with Crippen molar-refractivity contribution in [2.24, 2.45) is 11.5 Å². The van der Waals surface area contributed by atoms with Crippen molar-refractivity contribution < 1.29 is 49.2 Å². The lowest BCUT2D eigenvalue weighted by atomic mass is 10.1. The predicted molar refractivity (Wildman–Crippen MR) is 114 cm³/mol. The van der Waals surface area contributed by atoms with Gasteiger partial charge in [0.1, 0.15) is 24.2 Å². The summed E-state index contributed by atoms with van der Waals surface area (Å²) >= 11 is 0. The van der Waals surface area contributed by atoms with Crippen LogP contribution in [0, 0.1) is 0 Å². The molecule has 4 atom stereocenters. The molecule has 2 amide bonds. The zero-order chi connectivity index (χ0) is 24.8. The van der Waals surface area contributed by atoms with Crippen LogP contribution in [-0.4, -0.2) is 91.8 Å². The second-order valence-electron chi connectivity index (χ2n) is 6.45. The van der Waals surface area contributed by atoms with Crippen LogP contribution >= 0.6 is 21.6 Å². The van der Waals surface area contributed by atoms with Gasteiger partial charge in [-0.05, 0) is 12.8 Å².